The Morgan fingerprint density at radius 1 is 0.938 bits per heavy atom. The molecule has 4 rings (SSSR count). The molecule has 0 radical (unpaired) electrons. The molecule has 1 saturated heterocycles. The Labute approximate surface area is 193 Å². The predicted octanol–water partition coefficient (Wildman–Crippen LogP) is 4.30. The molecule has 0 atom stereocenters. The van der Waals surface area contributed by atoms with Gasteiger partial charge in [0.25, 0.3) is 0 Å². The highest BCUT2D eigenvalue weighted by Crippen LogP contribution is 2.45. The van der Waals surface area contributed by atoms with Crippen LogP contribution in [0, 0.1) is 5.92 Å². The Hall–Kier alpha value is -1.63. The summed E-state index contributed by atoms with van der Waals surface area (Å²) in [5, 5.41) is 0. The van der Waals surface area contributed by atoms with E-state index in [0.717, 1.165) is 25.9 Å². The molecule has 0 bridgehead atoms. The number of benzene rings is 1. The van der Waals surface area contributed by atoms with Gasteiger partial charge in [-0.05, 0) is 55.9 Å². The van der Waals surface area contributed by atoms with Gasteiger partial charge in [0.15, 0.2) is 0 Å². The molecule has 2 saturated carbocycles. The number of hydrogen-bond donors (Lipinski definition) is 0. The zero-order valence-corrected chi connectivity index (χ0v) is 19.7. The molecule has 0 unspecified atom stereocenters. The third-order valence-corrected chi connectivity index (χ3v) is 7.72. The first-order valence-corrected chi connectivity index (χ1v) is 12.5. The molecule has 3 aliphatic rings. The van der Waals surface area contributed by atoms with Crippen LogP contribution in [0.15, 0.2) is 30.3 Å². The third-order valence-electron chi connectivity index (χ3n) is 7.72. The lowest BCUT2D eigenvalue weighted by Crippen LogP contribution is -2.51. The van der Waals surface area contributed by atoms with Crippen molar-refractivity contribution in [1.82, 2.24) is 9.80 Å². The second-order valence-electron chi connectivity index (χ2n) is 9.74. The molecule has 1 aromatic rings. The maximum atomic E-state index is 13.4. The molecule has 1 heterocycles. The van der Waals surface area contributed by atoms with Gasteiger partial charge in [0.05, 0.1) is 38.6 Å². The highest BCUT2D eigenvalue weighted by Gasteiger charge is 2.51. The molecular formula is C26H40N2O4. The Balaban J connectivity index is 1.30. The Kier molecular flexibility index (Phi) is 8.44. The summed E-state index contributed by atoms with van der Waals surface area (Å²) in [7, 11) is 1.67. The zero-order valence-electron chi connectivity index (χ0n) is 19.7. The first-order chi connectivity index (χ1) is 15.7. The Bertz CT molecular complexity index is 701. The summed E-state index contributed by atoms with van der Waals surface area (Å²) in [5.74, 6) is 1.32. The average Bonchev–Trinajstić information content (AvgIpc) is 3.04. The molecule has 2 aliphatic carbocycles. The van der Waals surface area contributed by atoms with Gasteiger partial charge in [0.1, 0.15) is 0 Å². The SMILES string of the molecule is COCCOCCOCCN1CC2(CCC(c3ccccc3)CC2)N(CC2CCC2)C1=O. The van der Waals surface area contributed by atoms with Crippen molar-refractivity contribution in [3.8, 4) is 0 Å². The van der Waals surface area contributed by atoms with Crippen LogP contribution in [0.5, 0.6) is 0 Å². The van der Waals surface area contributed by atoms with Crippen molar-refractivity contribution in [2.45, 2.75) is 56.4 Å². The van der Waals surface area contributed by atoms with Gasteiger partial charge in [-0.1, -0.05) is 36.8 Å². The van der Waals surface area contributed by atoms with Crippen molar-refractivity contribution in [2.75, 3.05) is 59.8 Å². The monoisotopic (exact) mass is 444 g/mol. The maximum absolute atomic E-state index is 13.4. The van der Waals surface area contributed by atoms with Gasteiger partial charge in [-0.3, -0.25) is 0 Å². The van der Waals surface area contributed by atoms with Crippen LogP contribution in [0.4, 0.5) is 4.79 Å². The normalized spacial score (nSPS) is 26.2. The van der Waals surface area contributed by atoms with E-state index in [4.69, 9.17) is 14.2 Å². The van der Waals surface area contributed by atoms with Crippen LogP contribution >= 0.6 is 0 Å². The number of methoxy groups -OCH3 is 1. The minimum Gasteiger partial charge on any atom is -0.382 e. The van der Waals surface area contributed by atoms with E-state index in [-0.39, 0.29) is 11.6 Å². The second kappa shape index (κ2) is 11.5. The first-order valence-electron chi connectivity index (χ1n) is 12.5. The summed E-state index contributed by atoms with van der Waals surface area (Å²) in [6.45, 7) is 5.35. The van der Waals surface area contributed by atoms with E-state index >= 15 is 0 Å². The van der Waals surface area contributed by atoms with Gasteiger partial charge in [0, 0.05) is 26.7 Å². The highest BCUT2D eigenvalue weighted by atomic mass is 16.5. The number of rotatable bonds is 12. The van der Waals surface area contributed by atoms with Crippen molar-refractivity contribution < 1.29 is 19.0 Å². The second-order valence-corrected chi connectivity index (χ2v) is 9.74. The van der Waals surface area contributed by atoms with Crippen molar-refractivity contribution >= 4 is 6.03 Å². The molecule has 6 heteroatoms. The van der Waals surface area contributed by atoms with E-state index < -0.39 is 0 Å². The number of amides is 2. The third kappa shape index (κ3) is 5.64. The zero-order chi connectivity index (χ0) is 22.2. The largest absolute Gasteiger partial charge is 0.382 e. The Morgan fingerprint density at radius 3 is 2.28 bits per heavy atom. The van der Waals surface area contributed by atoms with Crippen molar-refractivity contribution in [2.24, 2.45) is 5.92 Å². The van der Waals surface area contributed by atoms with Crippen LogP contribution in [0.1, 0.15) is 56.4 Å². The number of hydrogen-bond acceptors (Lipinski definition) is 4. The van der Waals surface area contributed by atoms with Crippen LogP contribution in [0.3, 0.4) is 0 Å². The molecule has 1 spiro atoms. The molecular weight excluding hydrogens is 404 g/mol. The van der Waals surface area contributed by atoms with Gasteiger partial charge in [-0.15, -0.1) is 0 Å². The lowest BCUT2D eigenvalue weighted by molar-refractivity contribution is 0.0217. The van der Waals surface area contributed by atoms with Gasteiger partial charge < -0.3 is 24.0 Å². The topological polar surface area (TPSA) is 51.2 Å². The summed E-state index contributed by atoms with van der Waals surface area (Å²) < 4.78 is 16.2. The molecule has 32 heavy (non-hydrogen) atoms. The number of nitrogens with zero attached hydrogens (tertiary/aromatic N) is 2. The standard InChI is InChI=1S/C26H40N2O4/c1-30-16-17-32-19-18-31-15-14-27-21-26(28(25(27)29)20-22-6-5-7-22)12-10-24(11-13-26)23-8-3-2-4-9-23/h2-4,8-9,22,24H,5-7,10-21H2,1H3. The smallest absolute Gasteiger partial charge is 0.320 e. The van der Waals surface area contributed by atoms with Gasteiger partial charge in [0.2, 0.25) is 0 Å². The van der Waals surface area contributed by atoms with Crippen LogP contribution in [-0.4, -0.2) is 81.1 Å². The predicted molar refractivity (Wildman–Crippen MR) is 125 cm³/mol. The van der Waals surface area contributed by atoms with Crippen LogP contribution in [0.2, 0.25) is 0 Å². The fourth-order valence-electron chi connectivity index (χ4n) is 5.54. The van der Waals surface area contributed by atoms with Crippen molar-refractivity contribution in [3.05, 3.63) is 35.9 Å². The summed E-state index contributed by atoms with van der Waals surface area (Å²) in [6, 6.07) is 11.1. The van der Waals surface area contributed by atoms with E-state index in [9.17, 15) is 4.79 Å². The average molecular weight is 445 g/mol. The quantitative estimate of drug-likeness (QED) is 0.451. The number of urea groups is 1. The van der Waals surface area contributed by atoms with Gasteiger partial charge >= 0.3 is 6.03 Å². The molecule has 0 aromatic heterocycles. The van der Waals surface area contributed by atoms with E-state index in [1.165, 1.54) is 37.7 Å². The molecule has 0 N–H and O–H groups in total. The van der Waals surface area contributed by atoms with E-state index in [2.05, 4.69) is 35.2 Å². The fraction of sp³-hybridized carbons (Fsp3) is 0.731. The fourth-order valence-corrected chi connectivity index (χ4v) is 5.54. The minimum absolute atomic E-state index is 0.0151. The van der Waals surface area contributed by atoms with Crippen LogP contribution in [0.25, 0.3) is 0 Å². The Morgan fingerprint density at radius 2 is 1.62 bits per heavy atom. The van der Waals surface area contributed by atoms with Crippen molar-refractivity contribution in [3.63, 3.8) is 0 Å². The molecule has 1 aromatic carbocycles. The van der Waals surface area contributed by atoms with Crippen LogP contribution < -0.4 is 0 Å². The van der Waals surface area contributed by atoms with Crippen molar-refractivity contribution in [1.29, 1.82) is 0 Å². The van der Waals surface area contributed by atoms with E-state index in [1.807, 2.05) is 4.90 Å². The molecule has 3 fully saturated rings. The molecule has 178 valence electrons. The van der Waals surface area contributed by atoms with Gasteiger partial charge in [-0.25, -0.2) is 4.79 Å². The number of ether oxygens (including phenoxy) is 3. The lowest BCUT2D eigenvalue weighted by Gasteiger charge is -2.44. The minimum atomic E-state index is 0.0151. The lowest BCUT2D eigenvalue weighted by atomic mass is 9.73. The molecule has 2 amide bonds. The van der Waals surface area contributed by atoms with E-state index in [1.54, 1.807) is 7.11 Å². The number of carbonyl (C=O) groups excluding carboxylic acids is 1. The summed E-state index contributed by atoms with van der Waals surface area (Å²) >= 11 is 0. The summed E-state index contributed by atoms with van der Waals surface area (Å²) in [6.07, 6.45) is 8.42. The molecule has 6 nitrogen and oxygen atoms in total. The summed E-state index contributed by atoms with van der Waals surface area (Å²) in [5.41, 5.74) is 1.47. The van der Waals surface area contributed by atoms with Crippen LogP contribution in [-0.2, 0) is 14.2 Å². The van der Waals surface area contributed by atoms with E-state index in [0.29, 0.717) is 51.4 Å². The number of carbonyl (C=O) groups is 1. The highest BCUT2D eigenvalue weighted by molar-refractivity contribution is 5.78. The maximum Gasteiger partial charge on any atom is 0.320 e. The first kappa shape index (κ1) is 23.5. The molecule has 1 aliphatic heterocycles. The van der Waals surface area contributed by atoms with Gasteiger partial charge in [-0.2, -0.15) is 0 Å². The summed E-state index contributed by atoms with van der Waals surface area (Å²) in [4.78, 5) is 17.7.